The Morgan fingerprint density at radius 1 is 1.03 bits per heavy atom. The van der Waals surface area contributed by atoms with Gasteiger partial charge >= 0.3 is 0 Å². The Morgan fingerprint density at radius 3 is 2.39 bits per heavy atom. The maximum absolute atomic E-state index is 14.5. The molecule has 186 valence electrons. The molecule has 2 aromatic carbocycles. The zero-order chi connectivity index (χ0) is 26.0. The van der Waals surface area contributed by atoms with Gasteiger partial charge in [-0.15, -0.1) is 0 Å². The Kier molecular flexibility index (Phi) is 6.88. The van der Waals surface area contributed by atoms with Gasteiger partial charge in [-0.2, -0.15) is 8.78 Å². The quantitative estimate of drug-likeness (QED) is 0.466. The summed E-state index contributed by atoms with van der Waals surface area (Å²) in [6, 6.07) is 14.8. The Bertz CT molecular complexity index is 1490. The highest BCUT2D eigenvalue weighted by Gasteiger charge is 2.29. The number of halogens is 3. The van der Waals surface area contributed by atoms with Gasteiger partial charge in [-0.1, -0.05) is 48.5 Å². The number of hydrogen-bond acceptors (Lipinski definition) is 7. The van der Waals surface area contributed by atoms with Crippen LogP contribution in [0.1, 0.15) is 17.5 Å². The summed E-state index contributed by atoms with van der Waals surface area (Å²) < 4.78 is 65.7. The van der Waals surface area contributed by atoms with Gasteiger partial charge in [0.25, 0.3) is 5.95 Å². The van der Waals surface area contributed by atoms with Crippen molar-refractivity contribution in [2.24, 2.45) is 4.99 Å². The molecule has 36 heavy (non-hydrogen) atoms. The van der Waals surface area contributed by atoms with Crippen LogP contribution in [-0.4, -0.2) is 49.6 Å². The van der Waals surface area contributed by atoms with Crippen molar-refractivity contribution in [3.63, 3.8) is 0 Å². The second-order valence-corrected chi connectivity index (χ2v) is 9.90. The summed E-state index contributed by atoms with van der Waals surface area (Å²) in [5.41, 5.74) is 1.18. The van der Waals surface area contributed by atoms with E-state index in [4.69, 9.17) is 0 Å². The Morgan fingerprint density at radius 2 is 1.69 bits per heavy atom. The van der Waals surface area contributed by atoms with Crippen molar-refractivity contribution in [3.05, 3.63) is 83.3 Å². The third-order valence-electron chi connectivity index (χ3n) is 5.32. The SMILES string of the molecule is CS(=O)(=O)c1nc(F)c(F)c(NCC(=O)CC2N=C(c3ccccc3)c3ccccc3NC2=O)c1F. The molecule has 0 radical (unpaired) electrons. The highest BCUT2D eigenvalue weighted by Crippen LogP contribution is 2.27. The van der Waals surface area contributed by atoms with Crippen LogP contribution in [0.15, 0.2) is 64.6 Å². The van der Waals surface area contributed by atoms with Crippen LogP contribution in [0.2, 0.25) is 0 Å². The number of carbonyl (C=O) groups excluding carboxylic acids is 2. The normalized spacial score (nSPS) is 15.4. The third kappa shape index (κ3) is 5.13. The first-order valence-corrected chi connectivity index (χ1v) is 12.5. The van der Waals surface area contributed by atoms with E-state index in [0.717, 1.165) is 0 Å². The average molecular weight is 517 g/mol. The molecule has 8 nitrogen and oxygen atoms in total. The van der Waals surface area contributed by atoms with Crippen LogP contribution in [-0.2, 0) is 19.4 Å². The molecule has 0 spiro atoms. The number of carbonyl (C=O) groups is 2. The zero-order valence-corrected chi connectivity index (χ0v) is 19.6. The van der Waals surface area contributed by atoms with Gasteiger partial charge in [0, 0.05) is 23.8 Å². The molecule has 4 rings (SSSR count). The minimum Gasteiger partial charge on any atom is -0.373 e. The summed E-state index contributed by atoms with van der Waals surface area (Å²) in [4.78, 5) is 32.8. The minimum atomic E-state index is -4.31. The van der Waals surface area contributed by atoms with Gasteiger partial charge < -0.3 is 10.6 Å². The topological polar surface area (TPSA) is 118 Å². The summed E-state index contributed by atoms with van der Waals surface area (Å²) in [6.07, 6.45) is 0.134. The number of Topliss-reactive ketones (excluding diaryl/α,β-unsaturated/α-hetero) is 1. The molecule has 12 heteroatoms. The van der Waals surface area contributed by atoms with E-state index in [9.17, 15) is 31.2 Å². The Labute approximate surface area is 204 Å². The van der Waals surface area contributed by atoms with E-state index in [1.54, 1.807) is 48.5 Å². The van der Waals surface area contributed by atoms with Crippen LogP contribution in [0.3, 0.4) is 0 Å². The Balaban J connectivity index is 1.59. The van der Waals surface area contributed by atoms with Gasteiger partial charge in [0.05, 0.1) is 17.9 Å². The molecule has 0 saturated heterocycles. The second-order valence-electron chi connectivity index (χ2n) is 7.97. The van der Waals surface area contributed by atoms with E-state index in [-0.39, 0.29) is 0 Å². The van der Waals surface area contributed by atoms with E-state index in [1.165, 1.54) is 0 Å². The van der Waals surface area contributed by atoms with Crippen LogP contribution in [0.5, 0.6) is 0 Å². The molecular weight excluding hydrogens is 497 g/mol. The zero-order valence-electron chi connectivity index (χ0n) is 18.8. The number of aromatic nitrogens is 1. The maximum Gasteiger partial charge on any atom is 0.252 e. The van der Waals surface area contributed by atoms with Crippen molar-refractivity contribution in [3.8, 4) is 0 Å². The predicted octanol–water partition coefficient (Wildman–Crippen LogP) is 3.13. The number of sulfone groups is 1. The molecule has 1 aromatic heterocycles. The lowest BCUT2D eigenvalue weighted by Gasteiger charge is -2.13. The largest absolute Gasteiger partial charge is 0.373 e. The third-order valence-corrected chi connectivity index (χ3v) is 6.29. The fourth-order valence-electron chi connectivity index (χ4n) is 3.63. The highest BCUT2D eigenvalue weighted by molar-refractivity contribution is 7.90. The van der Waals surface area contributed by atoms with E-state index in [2.05, 4.69) is 20.6 Å². The summed E-state index contributed by atoms with van der Waals surface area (Å²) in [5.74, 6) is -6.52. The number of pyridine rings is 1. The van der Waals surface area contributed by atoms with Crippen LogP contribution in [0, 0.1) is 17.6 Å². The minimum absolute atomic E-state index is 0.446. The number of ketones is 1. The first kappa shape index (κ1) is 25.0. The molecule has 1 aliphatic heterocycles. The fourth-order valence-corrected chi connectivity index (χ4v) is 4.31. The summed E-state index contributed by atoms with van der Waals surface area (Å²) in [7, 11) is -4.31. The predicted molar refractivity (Wildman–Crippen MR) is 126 cm³/mol. The van der Waals surface area contributed by atoms with Crippen LogP contribution < -0.4 is 10.6 Å². The van der Waals surface area contributed by atoms with Gasteiger partial charge in [0.15, 0.2) is 26.5 Å². The van der Waals surface area contributed by atoms with Crippen LogP contribution >= 0.6 is 0 Å². The molecule has 0 bridgehead atoms. The van der Waals surface area contributed by atoms with Crippen molar-refractivity contribution >= 4 is 38.6 Å². The number of anilines is 2. The Hall–Kier alpha value is -4.06. The number of rotatable bonds is 7. The highest BCUT2D eigenvalue weighted by atomic mass is 32.2. The van der Waals surface area contributed by atoms with Gasteiger partial charge in [0.2, 0.25) is 11.7 Å². The second kappa shape index (κ2) is 9.90. The van der Waals surface area contributed by atoms with Gasteiger partial charge in [-0.25, -0.2) is 17.8 Å². The van der Waals surface area contributed by atoms with Gasteiger partial charge in [-0.05, 0) is 6.07 Å². The number of hydrogen-bond donors (Lipinski definition) is 2. The van der Waals surface area contributed by atoms with Crippen molar-refractivity contribution < 1.29 is 31.2 Å². The number of benzene rings is 2. The lowest BCUT2D eigenvalue weighted by molar-refractivity contribution is -0.122. The standard InChI is InChI=1S/C24H19F3N4O4S/c1-36(34,35)24-19(26)21(18(25)22(27)31-24)28-12-14(32)11-17-23(33)30-16-10-6-5-9-15(16)20(29-17)13-7-3-2-4-8-13/h2-10,17H,11-12H2,1H3,(H,28,31)(H,30,33). The van der Waals surface area contributed by atoms with Crippen molar-refractivity contribution in [2.45, 2.75) is 17.5 Å². The molecule has 1 atom stereocenters. The van der Waals surface area contributed by atoms with E-state index < -0.39 is 68.8 Å². The number of nitrogens with one attached hydrogen (secondary N) is 2. The molecule has 0 fully saturated rings. The number of aliphatic imine (C=N–C) groups is 1. The molecule has 2 N–H and O–H groups in total. The monoisotopic (exact) mass is 516 g/mol. The number of fused-ring (bicyclic) bond motifs is 1. The summed E-state index contributed by atoms with van der Waals surface area (Å²) >= 11 is 0. The van der Waals surface area contributed by atoms with Crippen LogP contribution in [0.25, 0.3) is 0 Å². The lowest BCUT2D eigenvalue weighted by Crippen LogP contribution is -2.30. The number of para-hydroxylation sites is 1. The van der Waals surface area contributed by atoms with Crippen LogP contribution in [0.4, 0.5) is 24.5 Å². The molecule has 0 aliphatic carbocycles. The lowest BCUT2D eigenvalue weighted by atomic mass is 10.0. The number of benzodiazepines with no additional fused rings is 1. The molecule has 1 aliphatic rings. The van der Waals surface area contributed by atoms with E-state index >= 15 is 0 Å². The van der Waals surface area contributed by atoms with E-state index in [0.29, 0.717) is 28.8 Å². The maximum atomic E-state index is 14.5. The molecule has 1 amide bonds. The van der Waals surface area contributed by atoms with Crippen molar-refractivity contribution in [2.75, 3.05) is 23.4 Å². The first-order chi connectivity index (χ1) is 17.1. The number of amides is 1. The van der Waals surface area contributed by atoms with E-state index in [1.807, 2.05) is 6.07 Å². The molecule has 3 aromatic rings. The molecule has 0 saturated carbocycles. The molecule has 2 heterocycles. The molecular formula is C24H19F3N4O4S. The summed E-state index contributed by atoms with van der Waals surface area (Å²) in [6.45, 7) is -0.729. The van der Waals surface area contributed by atoms with Gasteiger partial charge in [0.1, 0.15) is 11.7 Å². The first-order valence-electron chi connectivity index (χ1n) is 10.6. The summed E-state index contributed by atoms with van der Waals surface area (Å²) in [5, 5.41) is 3.52. The average Bonchev–Trinajstić information content (AvgIpc) is 2.97. The smallest absolute Gasteiger partial charge is 0.252 e. The fraction of sp³-hybridized carbons (Fsp3) is 0.167. The van der Waals surface area contributed by atoms with Crippen molar-refractivity contribution in [1.82, 2.24) is 4.98 Å². The van der Waals surface area contributed by atoms with Gasteiger partial charge in [-0.3, -0.25) is 14.6 Å². The van der Waals surface area contributed by atoms with Crippen molar-refractivity contribution in [1.29, 1.82) is 0 Å². The number of nitrogens with zero attached hydrogens (tertiary/aromatic N) is 2. The molecule has 1 unspecified atom stereocenters.